The molecule has 0 aliphatic heterocycles. The van der Waals surface area contributed by atoms with Gasteiger partial charge in [-0.15, -0.1) is 0 Å². The second-order valence-electron chi connectivity index (χ2n) is 4.00. The molecule has 1 aromatic rings. The maximum absolute atomic E-state index is 2.32. The molecule has 0 nitrogen and oxygen atoms in total. The number of hydrogen-bond donors (Lipinski definition) is 0. The summed E-state index contributed by atoms with van der Waals surface area (Å²) in [6.45, 7) is 6.47. The van der Waals surface area contributed by atoms with E-state index in [9.17, 15) is 0 Å². The zero-order valence-corrected chi connectivity index (χ0v) is 10.7. The number of benzene rings is 1. The molecule has 0 saturated heterocycles. The summed E-state index contributed by atoms with van der Waals surface area (Å²) < 4.78 is 0. The number of unbranched alkanes of at least 4 members (excludes halogenated alkanes) is 1. The van der Waals surface area contributed by atoms with E-state index in [1.807, 2.05) is 0 Å². The van der Waals surface area contributed by atoms with Crippen LogP contribution in [-0.4, -0.2) is 0 Å². The highest BCUT2D eigenvalue weighted by atomic mass is 14.0. The van der Waals surface area contributed by atoms with Crippen LogP contribution in [0.25, 0.3) is 5.57 Å². The summed E-state index contributed by atoms with van der Waals surface area (Å²) in [5.74, 6) is 0. The van der Waals surface area contributed by atoms with E-state index >= 15 is 0 Å². The lowest BCUT2D eigenvalue weighted by Gasteiger charge is -2.04. The average Bonchev–Trinajstić information content (AvgIpc) is 2.35. The highest BCUT2D eigenvalue weighted by molar-refractivity contribution is 5.73. The summed E-state index contributed by atoms with van der Waals surface area (Å²) in [6.07, 6.45) is 10.1. The van der Waals surface area contributed by atoms with Gasteiger partial charge in [0, 0.05) is 0 Å². The highest BCUT2D eigenvalue weighted by Gasteiger charge is 1.97. The molecule has 0 aromatic heterocycles. The summed E-state index contributed by atoms with van der Waals surface area (Å²) >= 11 is 0. The lowest BCUT2D eigenvalue weighted by molar-refractivity contribution is 0.960. The quantitative estimate of drug-likeness (QED) is 0.604. The third kappa shape index (κ3) is 3.69. The lowest BCUT2D eigenvalue weighted by atomic mass is 10.0. The van der Waals surface area contributed by atoms with Gasteiger partial charge in [0.2, 0.25) is 0 Å². The third-order valence-corrected chi connectivity index (χ3v) is 2.69. The second kappa shape index (κ2) is 7.05. The molecule has 1 rings (SSSR count). The molecule has 0 saturated carbocycles. The standard InChI is InChI=1S/C16H22/c1-4-7-9-15(8-5-2)16-12-10-14(6-3)11-13-16/h5,8-13H,4,6-7H2,1-3H3/b8-5-,15-9+. The monoisotopic (exact) mass is 214 g/mol. The van der Waals surface area contributed by atoms with Crippen LogP contribution in [0.5, 0.6) is 0 Å². The predicted molar refractivity (Wildman–Crippen MR) is 73.5 cm³/mol. The number of allylic oxidation sites excluding steroid dienone is 4. The fourth-order valence-electron chi connectivity index (χ4n) is 1.69. The molecular formula is C16H22. The van der Waals surface area contributed by atoms with Gasteiger partial charge in [-0.1, -0.05) is 62.8 Å². The Balaban J connectivity index is 2.92. The van der Waals surface area contributed by atoms with Gasteiger partial charge in [0.25, 0.3) is 0 Å². The van der Waals surface area contributed by atoms with Crippen molar-refractivity contribution in [2.75, 3.05) is 0 Å². The first-order valence-corrected chi connectivity index (χ1v) is 6.24. The average molecular weight is 214 g/mol. The van der Waals surface area contributed by atoms with E-state index in [0.717, 1.165) is 12.8 Å². The Morgan fingerprint density at radius 1 is 1.12 bits per heavy atom. The zero-order valence-electron chi connectivity index (χ0n) is 10.7. The van der Waals surface area contributed by atoms with Crippen molar-refractivity contribution in [1.29, 1.82) is 0 Å². The van der Waals surface area contributed by atoms with Crippen LogP contribution in [0, 0.1) is 0 Å². The molecule has 0 spiro atoms. The van der Waals surface area contributed by atoms with Crippen LogP contribution in [0.15, 0.2) is 42.5 Å². The van der Waals surface area contributed by atoms with Crippen molar-refractivity contribution in [3.8, 4) is 0 Å². The predicted octanol–water partition coefficient (Wildman–Crippen LogP) is 5.01. The van der Waals surface area contributed by atoms with Crippen LogP contribution in [-0.2, 0) is 6.42 Å². The van der Waals surface area contributed by atoms with E-state index in [1.54, 1.807) is 0 Å². The normalized spacial score (nSPS) is 12.3. The molecule has 0 fully saturated rings. The molecule has 0 amide bonds. The van der Waals surface area contributed by atoms with Crippen LogP contribution < -0.4 is 0 Å². The fourth-order valence-corrected chi connectivity index (χ4v) is 1.69. The first-order chi connectivity index (χ1) is 7.81. The number of aryl methyl sites for hydroxylation is 1. The summed E-state index contributed by atoms with van der Waals surface area (Å²) in [4.78, 5) is 0. The smallest absolute Gasteiger partial charge is 0.0187 e. The summed E-state index contributed by atoms with van der Waals surface area (Å²) in [5.41, 5.74) is 4.06. The van der Waals surface area contributed by atoms with Gasteiger partial charge < -0.3 is 0 Å². The summed E-state index contributed by atoms with van der Waals surface area (Å²) in [7, 11) is 0. The molecule has 0 heteroatoms. The Bertz CT molecular complexity index is 352. The topological polar surface area (TPSA) is 0 Å². The van der Waals surface area contributed by atoms with Gasteiger partial charge >= 0.3 is 0 Å². The third-order valence-electron chi connectivity index (χ3n) is 2.69. The van der Waals surface area contributed by atoms with Crippen molar-refractivity contribution in [3.05, 3.63) is 53.6 Å². The molecule has 16 heavy (non-hydrogen) atoms. The number of hydrogen-bond acceptors (Lipinski definition) is 0. The molecule has 0 heterocycles. The molecule has 0 aliphatic rings. The van der Waals surface area contributed by atoms with Crippen LogP contribution >= 0.6 is 0 Å². The SMILES string of the molecule is C/C=C\C(=C/CCC)c1ccc(CC)cc1. The molecular weight excluding hydrogens is 192 g/mol. The molecule has 0 unspecified atom stereocenters. The van der Waals surface area contributed by atoms with Crippen molar-refractivity contribution in [2.24, 2.45) is 0 Å². The van der Waals surface area contributed by atoms with Gasteiger partial charge in [-0.05, 0) is 36.5 Å². The van der Waals surface area contributed by atoms with Gasteiger partial charge in [0.1, 0.15) is 0 Å². The lowest BCUT2D eigenvalue weighted by Crippen LogP contribution is -1.84. The molecule has 1 aromatic carbocycles. The van der Waals surface area contributed by atoms with Gasteiger partial charge in [-0.3, -0.25) is 0 Å². The van der Waals surface area contributed by atoms with Crippen LogP contribution in [0.2, 0.25) is 0 Å². The van der Waals surface area contributed by atoms with Gasteiger partial charge in [0.05, 0.1) is 0 Å². The molecule has 0 bridgehead atoms. The summed E-state index contributed by atoms with van der Waals surface area (Å²) in [6, 6.07) is 8.89. The first kappa shape index (κ1) is 12.8. The highest BCUT2D eigenvalue weighted by Crippen LogP contribution is 2.18. The van der Waals surface area contributed by atoms with E-state index in [0.29, 0.717) is 0 Å². The minimum absolute atomic E-state index is 1.11. The molecule has 0 radical (unpaired) electrons. The minimum Gasteiger partial charge on any atom is -0.0871 e. The van der Waals surface area contributed by atoms with Crippen LogP contribution in [0.3, 0.4) is 0 Å². The van der Waals surface area contributed by atoms with E-state index in [4.69, 9.17) is 0 Å². The Labute approximate surface area is 99.7 Å². The minimum atomic E-state index is 1.11. The zero-order chi connectivity index (χ0) is 11.8. The van der Waals surface area contributed by atoms with Crippen LogP contribution in [0.1, 0.15) is 44.7 Å². The van der Waals surface area contributed by atoms with Crippen LogP contribution in [0.4, 0.5) is 0 Å². The van der Waals surface area contributed by atoms with E-state index < -0.39 is 0 Å². The van der Waals surface area contributed by atoms with Crippen molar-refractivity contribution in [2.45, 2.75) is 40.0 Å². The molecule has 0 atom stereocenters. The van der Waals surface area contributed by atoms with Gasteiger partial charge in [0.15, 0.2) is 0 Å². The van der Waals surface area contributed by atoms with E-state index in [1.165, 1.54) is 23.1 Å². The Morgan fingerprint density at radius 2 is 1.81 bits per heavy atom. The Morgan fingerprint density at radius 3 is 2.31 bits per heavy atom. The van der Waals surface area contributed by atoms with Gasteiger partial charge in [-0.25, -0.2) is 0 Å². The number of rotatable bonds is 5. The Kier molecular flexibility index (Phi) is 5.63. The molecule has 0 N–H and O–H groups in total. The molecule has 0 aliphatic carbocycles. The maximum atomic E-state index is 2.32. The van der Waals surface area contributed by atoms with Crippen molar-refractivity contribution in [3.63, 3.8) is 0 Å². The Hall–Kier alpha value is -1.30. The first-order valence-electron chi connectivity index (χ1n) is 6.24. The van der Waals surface area contributed by atoms with Crippen molar-refractivity contribution in [1.82, 2.24) is 0 Å². The van der Waals surface area contributed by atoms with Crippen molar-refractivity contribution >= 4 is 5.57 Å². The largest absolute Gasteiger partial charge is 0.0871 e. The van der Waals surface area contributed by atoms with Crippen molar-refractivity contribution < 1.29 is 0 Å². The van der Waals surface area contributed by atoms with E-state index in [2.05, 4.69) is 63.3 Å². The summed E-state index contributed by atoms with van der Waals surface area (Å²) in [5, 5.41) is 0. The van der Waals surface area contributed by atoms with E-state index in [-0.39, 0.29) is 0 Å². The maximum Gasteiger partial charge on any atom is -0.0187 e. The molecule has 86 valence electrons. The van der Waals surface area contributed by atoms with Gasteiger partial charge in [-0.2, -0.15) is 0 Å². The second-order valence-corrected chi connectivity index (χ2v) is 4.00. The fraction of sp³-hybridized carbons (Fsp3) is 0.375.